The van der Waals surface area contributed by atoms with Crippen molar-refractivity contribution < 1.29 is 13.2 Å². The first-order valence-corrected chi connectivity index (χ1v) is 6.77. The molecule has 1 amide bonds. The summed E-state index contributed by atoms with van der Waals surface area (Å²) in [6.45, 7) is 0. The number of hydrogen-bond acceptors (Lipinski definition) is 3. The van der Waals surface area contributed by atoms with E-state index in [9.17, 15) is 13.2 Å². The molecule has 0 atom stereocenters. The molecule has 1 aromatic carbocycles. The van der Waals surface area contributed by atoms with Crippen LogP contribution in [0.2, 0.25) is 0 Å². The number of rotatable bonds is 4. The fourth-order valence-electron chi connectivity index (χ4n) is 1.06. The zero-order chi connectivity index (χ0) is 12.2. The lowest BCUT2D eigenvalue weighted by Crippen LogP contribution is -2.16. The zero-order valence-electron chi connectivity index (χ0n) is 8.53. The van der Waals surface area contributed by atoms with Crippen molar-refractivity contribution in [3.8, 4) is 0 Å². The van der Waals surface area contributed by atoms with Crippen LogP contribution in [0.25, 0.3) is 0 Å². The van der Waals surface area contributed by atoms with E-state index in [-0.39, 0.29) is 5.88 Å². The molecule has 0 bridgehead atoms. The molecule has 0 unspecified atom stereocenters. The lowest BCUT2D eigenvalue weighted by Gasteiger charge is -2.10. The Kier molecular flexibility index (Phi) is 4.14. The average Bonchev–Trinajstić information content (AvgIpc) is 2.18. The van der Waals surface area contributed by atoms with Gasteiger partial charge in [-0.25, -0.2) is 8.42 Å². The Balaban J connectivity index is 2.96. The number of anilines is 2. The molecule has 0 radical (unpaired) electrons. The molecule has 0 aliphatic carbocycles. The minimum absolute atomic E-state index is 0.187. The van der Waals surface area contributed by atoms with Gasteiger partial charge in [-0.3, -0.25) is 9.52 Å². The van der Waals surface area contributed by atoms with Crippen LogP contribution in [0.1, 0.15) is 0 Å². The van der Waals surface area contributed by atoms with Crippen molar-refractivity contribution in [3.63, 3.8) is 0 Å². The van der Waals surface area contributed by atoms with Gasteiger partial charge in [-0.1, -0.05) is 12.1 Å². The number of hydrogen-bond donors (Lipinski definition) is 2. The largest absolute Gasteiger partial charge is 0.323 e. The lowest BCUT2D eigenvalue weighted by molar-refractivity contribution is -0.113. The Labute approximate surface area is 98.9 Å². The number of carbonyl (C=O) groups excluding carboxylic acids is 1. The van der Waals surface area contributed by atoms with Crippen molar-refractivity contribution in [1.82, 2.24) is 0 Å². The number of para-hydroxylation sites is 2. The first-order chi connectivity index (χ1) is 7.42. The van der Waals surface area contributed by atoms with Crippen LogP contribution in [0.3, 0.4) is 0 Å². The molecule has 1 aromatic rings. The minimum Gasteiger partial charge on any atom is -0.323 e. The summed E-state index contributed by atoms with van der Waals surface area (Å²) >= 11 is 5.34. The van der Waals surface area contributed by atoms with Crippen molar-refractivity contribution in [2.45, 2.75) is 0 Å². The summed E-state index contributed by atoms with van der Waals surface area (Å²) in [4.78, 5) is 11.1. The topological polar surface area (TPSA) is 75.3 Å². The van der Waals surface area contributed by atoms with Gasteiger partial charge in [0.2, 0.25) is 15.9 Å². The van der Waals surface area contributed by atoms with Crippen molar-refractivity contribution in [1.29, 1.82) is 0 Å². The zero-order valence-corrected chi connectivity index (χ0v) is 10.1. The molecular formula is C9H11ClN2O3S. The number of nitrogens with one attached hydrogen (secondary N) is 2. The second-order valence-corrected chi connectivity index (χ2v) is 5.12. The summed E-state index contributed by atoms with van der Waals surface area (Å²) in [5, 5.41) is 2.48. The predicted molar refractivity (Wildman–Crippen MR) is 64.3 cm³/mol. The average molecular weight is 263 g/mol. The molecule has 0 heterocycles. The second-order valence-electron chi connectivity index (χ2n) is 3.10. The first-order valence-electron chi connectivity index (χ1n) is 4.35. The maximum absolute atomic E-state index is 11.1. The number of sulfonamides is 1. The smallest absolute Gasteiger partial charge is 0.239 e. The molecule has 2 N–H and O–H groups in total. The summed E-state index contributed by atoms with van der Waals surface area (Å²) in [6.07, 6.45) is 1.03. The van der Waals surface area contributed by atoms with Gasteiger partial charge in [-0.15, -0.1) is 11.6 Å². The summed E-state index contributed by atoms with van der Waals surface area (Å²) < 4.78 is 24.4. The molecule has 0 aliphatic heterocycles. The van der Waals surface area contributed by atoms with Gasteiger partial charge < -0.3 is 5.32 Å². The fourth-order valence-corrected chi connectivity index (χ4v) is 1.71. The molecule has 0 saturated heterocycles. The standard InChI is InChI=1S/C9H11ClN2O3S/c1-16(14,15)12-8-5-3-2-4-7(8)11-9(13)6-10/h2-5,12H,6H2,1H3,(H,11,13). The van der Waals surface area contributed by atoms with Gasteiger partial charge in [-0.2, -0.15) is 0 Å². The van der Waals surface area contributed by atoms with E-state index in [1.54, 1.807) is 24.3 Å². The number of alkyl halides is 1. The third-order valence-corrected chi connectivity index (χ3v) is 2.45. The van der Waals surface area contributed by atoms with Crippen LogP contribution in [-0.4, -0.2) is 26.5 Å². The molecule has 7 heteroatoms. The highest BCUT2D eigenvalue weighted by Crippen LogP contribution is 2.21. The van der Waals surface area contributed by atoms with E-state index in [4.69, 9.17) is 11.6 Å². The monoisotopic (exact) mass is 262 g/mol. The maximum atomic E-state index is 11.1. The van der Waals surface area contributed by atoms with Crippen molar-refractivity contribution >= 4 is 38.9 Å². The third kappa shape index (κ3) is 4.08. The van der Waals surface area contributed by atoms with Crippen LogP contribution < -0.4 is 10.0 Å². The summed E-state index contributed by atoms with van der Waals surface area (Å²) in [6, 6.07) is 6.46. The van der Waals surface area contributed by atoms with Gasteiger partial charge >= 0.3 is 0 Å². The van der Waals surface area contributed by atoms with Gasteiger partial charge in [0.05, 0.1) is 17.6 Å². The lowest BCUT2D eigenvalue weighted by atomic mass is 10.3. The Morgan fingerprint density at radius 1 is 1.31 bits per heavy atom. The Morgan fingerprint density at radius 3 is 2.38 bits per heavy atom. The van der Waals surface area contributed by atoms with E-state index in [0.29, 0.717) is 11.4 Å². The molecule has 5 nitrogen and oxygen atoms in total. The van der Waals surface area contributed by atoms with Gasteiger partial charge in [0.15, 0.2) is 0 Å². The maximum Gasteiger partial charge on any atom is 0.239 e. The highest BCUT2D eigenvalue weighted by Gasteiger charge is 2.08. The van der Waals surface area contributed by atoms with Crippen LogP contribution in [0.4, 0.5) is 11.4 Å². The van der Waals surface area contributed by atoms with Crippen LogP contribution >= 0.6 is 11.6 Å². The Hall–Kier alpha value is -1.27. The normalized spacial score (nSPS) is 10.9. The quantitative estimate of drug-likeness (QED) is 0.802. The summed E-state index contributed by atoms with van der Waals surface area (Å²) in [5.41, 5.74) is 0.682. The van der Waals surface area contributed by atoms with E-state index < -0.39 is 15.9 Å². The molecule has 88 valence electrons. The van der Waals surface area contributed by atoms with Gasteiger partial charge in [0.1, 0.15) is 5.88 Å². The first kappa shape index (κ1) is 12.8. The van der Waals surface area contributed by atoms with Crippen LogP contribution in [0.15, 0.2) is 24.3 Å². The van der Waals surface area contributed by atoms with Gasteiger partial charge in [0.25, 0.3) is 0 Å². The Morgan fingerprint density at radius 2 is 1.88 bits per heavy atom. The van der Waals surface area contributed by atoms with Crippen molar-refractivity contribution in [3.05, 3.63) is 24.3 Å². The highest BCUT2D eigenvalue weighted by atomic mass is 35.5. The molecular weight excluding hydrogens is 252 g/mol. The summed E-state index contributed by atoms with van der Waals surface area (Å²) in [5.74, 6) is -0.586. The van der Waals surface area contributed by atoms with Crippen LogP contribution in [0.5, 0.6) is 0 Å². The van der Waals surface area contributed by atoms with E-state index >= 15 is 0 Å². The molecule has 0 spiro atoms. The van der Waals surface area contributed by atoms with E-state index in [2.05, 4.69) is 10.0 Å². The number of amides is 1. The number of halogens is 1. The number of benzene rings is 1. The number of carbonyl (C=O) groups is 1. The molecule has 16 heavy (non-hydrogen) atoms. The Bertz CT molecular complexity index is 487. The van der Waals surface area contributed by atoms with Crippen molar-refractivity contribution in [2.24, 2.45) is 0 Å². The molecule has 0 aliphatic rings. The molecule has 1 rings (SSSR count). The molecule has 0 saturated carbocycles. The molecule has 0 fully saturated rings. The minimum atomic E-state index is -3.38. The van der Waals surface area contributed by atoms with Crippen molar-refractivity contribution in [2.75, 3.05) is 22.2 Å². The second kappa shape index (κ2) is 5.18. The molecule has 0 aromatic heterocycles. The summed E-state index contributed by atoms with van der Waals surface area (Å²) in [7, 11) is -3.38. The third-order valence-electron chi connectivity index (χ3n) is 1.62. The van der Waals surface area contributed by atoms with E-state index in [1.807, 2.05) is 0 Å². The van der Waals surface area contributed by atoms with Crippen LogP contribution in [0, 0.1) is 0 Å². The van der Waals surface area contributed by atoms with E-state index in [1.165, 1.54) is 0 Å². The predicted octanol–water partition coefficient (Wildman–Crippen LogP) is 1.24. The SMILES string of the molecule is CS(=O)(=O)Nc1ccccc1NC(=O)CCl. The van der Waals surface area contributed by atoms with Crippen LogP contribution in [-0.2, 0) is 14.8 Å². The van der Waals surface area contributed by atoms with Gasteiger partial charge in [0, 0.05) is 0 Å². The van der Waals surface area contributed by atoms with E-state index in [0.717, 1.165) is 6.26 Å². The fraction of sp³-hybridized carbons (Fsp3) is 0.222. The highest BCUT2D eigenvalue weighted by molar-refractivity contribution is 7.92. The van der Waals surface area contributed by atoms with Gasteiger partial charge in [-0.05, 0) is 12.1 Å².